The summed E-state index contributed by atoms with van der Waals surface area (Å²) in [6.45, 7) is 7.56. The van der Waals surface area contributed by atoms with Gasteiger partial charge in [-0.15, -0.1) is 0 Å². The van der Waals surface area contributed by atoms with Crippen LogP contribution in [-0.2, 0) is 14.8 Å². The molecular formula is C24H25N5O3S. The number of nitrogens with two attached hydrogens (primary N) is 1. The molecule has 9 heteroatoms. The van der Waals surface area contributed by atoms with Crippen LogP contribution in [0.15, 0.2) is 65.7 Å². The lowest BCUT2D eigenvalue weighted by atomic mass is 9.95. The highest BCUT2D eigenvalue weighted by Gasteiger charge is 2.22. The van der Waals surface area contributed by atoms with Gasteiger partial charge in [-0.25, -0.2) is 23.1 Å². The largest absolute Gasteiger partial charge is 0.325 e. The van der Waals surface area contributed by atoms with E-state index in [1.54, 1.807) is 16.6 Å². The number of primary sulfonamides is 1. The third-order valence-electron chi connectivity index (χ3n) is 5.26. The lowest BCUT2D eigenvalue weighted by Crippen LogP contribution is -2.27. The standard InChI is InChI=1S/C24H25N5O3S/c1-15-5-6-17(13-20(15)27-23(30)24(2,3)4)21-14-29-22(26-21)12-11-19(28-29)16-7-9-18(10-8-16)33(25,31)32/h5-14H,1-4H3,(H,27,30)(H2,25,31,32). The summed E-state index contributed by atoms with van der Waals surface area (Å²) in [6, 6.07) is 15.7. The summed E-state index contributed by atoms with van der Waals surface area (Å²) in [5.74, 6) is -0.0579. The zero-order chi connectivity index (χ0) is 24.0. The van der Waals surface area contributed by atoms with E-state index in [1.165, 1.54) is 12.1 Å². The summed E-state index contributed by atoms with van der Waals surface area (Å²) in [5, 5.41) is 12.8. The molecule has 2 heterocycles. The van der Waals surface area contributed by atoms with Crippen LogP contribution in [0.3, 0.4) is 0 Å². The molecule has 2 aromatic carbocycles. The van der Waals surface area contributed by atoms with Gasteiger partial charge in [-0.05, 0) is 42.8 Å². The van der Waals surface area contributed by atoms with Crippen molar-refractivity contribution in [3.63, 3.8) is 0 Å². The molecule has 0 bridgehead atoms. The highest BCUT2D eigenvalue weighted by molar-refractivity contribution is 7.89. The van der Waals surface area contributed by atoms with E-state index in [9.17, 15) is 13.2 Å². The number of amides is 1. The normalized spacial score (nSPS) is 12.2. The fourth-order valence-corrected chi connectivity index (χ4v) is 3.73. The van der Waals surface area contributed by atoms with Crippen molar-refractivity contribution in [3.05, 3.63) is 66.4 Å². The van der Waals surface area contributed by atoms with E-state index >= 15 is 0 Å². The molecule has 0 aliphatic rings. The first-order valence-corrected chi connectivity index (χ1v) is 11.9. The maximum Gasteiger partial charge on any atom is 0.238 e. The van der Waals surface area contributed by atoms with Crippen LogP contribution in [0.1, 0.15) is 26.3 Å². The number of benzene rings is 2. The molecule has 1 amide bonds. The molecule has 0 aliphatic heterocycles. The monoisotopic (exact) mass is 463 g/mol. The van der Waals surface area contributed by atoms with Crippen LogP contribution in [0, 0.1) is 12.3 Å². The van der Waals surface area contributed by atoms with Gasteiger partial charge < -0.3 is 5.32 Å². The van der Waals surface area contributed by atoms with E-state index in [2.05, 4.69) is 15.4 Å². The lowest BCUT2D eigenvalue weighted by molar-refractivity contribution is -0.123. The molecular weight excluding hydrogens is 438 g/mol. The fraction of sp³-hybridized carbons (Fsp3) is 0.208. The zero-order valence-electron chi connectivity index (χ0n) is 18.8. The van der Waals surface area contributed by atoms with Crippen LogP contribution in [0.2, 0.25) is 0 Å². The van der Waals surface area contributed by atoms with Gasteiger partial charge in [0.15, 0.2) is 5.65 Å². The van der Waals surface area contributed by atoms with Crippen LogP contribution in [0.4, 0.5) is 5.69 Å². The molecule has 170 valence electrons. The van der Waals surface area contributed by atoms with Crippen molar-refractivity contribution in [2.24, 2.45) is 10.6 Å². The van der Waals surface area contributed by atoms with Gasteiger partial charge in [-0.3, -0.25) is 4.79 Å². The minimum absolute atomic E-state index is 0.0472. The number of aromatic nitrogens is 3. The zero-order valence-corrected chi connectivity index (χ0v) is 19.6. The number of carbonyl (C=O) groups excluding carboxylic acids is 1. The van der Waals surface area contributed by atoms with E-state index in [0.717, 1.165) is 28.1 Å². The Morgan fingerprint density at radius 1 is 0.970 bits per heavy atom. The number of hydrogen-bond acceptors (Lipinski definition) is 5. The molecule has 33 heavy (non-hydrogen) atoms. The predicted molar refractivity (Wildman–Crippen MR) is 128 cm³/mol. The highest BCUT2D eigenvalue weighted by atomic mass is 32.2. The summed E-state index contributed by atoms with van der Waals surface area (Å²) < 4.78 is 24.6. The van der Waals surface area contributed by atoms with Gasteiger partial charge in [0.25, 0.3) is 0 Å². The Morgan fingerprint density at radius 3 is 2.27 bits per heavy atom. The van der Waals surface area contributed by atoms with E-state index in [-0.39, 0.29) is 10.8 Å². The van der Waals surface area contributed by atoms with Crippen LogP contribution in [0.25, 0.3) is 28.2 Å². The number of aryl methyl sites for hydroxylation is 1. The molecule has 0 spiro atoms. The van der Waals surface area contributed by atoms with Gasteiger partial charge in [-0.1, -0.05) is 45.0 Å². The molecule has 0 saturated heterocycles. The van der Waals surface area contributed by atoms with Crippen molar-refractivity contribution in [2.75, 3.05) is 5.32 Å². The number of hydrogen-bond donors (Lipinski definition) is 2. The number of fused-ring (bicyclic) bond motifs is 1. The Morgan fingerprint density at radius 2 is 1.64 bits per heavy atom. The van der Waals surface area contributed by atoms with Crippen LogP contribution in [-0.4, -0.2) is 28.9 Å². The quantitative estimate of drug-likeness (QED) is 0.474. The van der Waals surface area contributed by atoms with Crippen molar-refractivity contribution in [1.82, 2.24) is 14.6 Å². The smallest absolute Gasteiger partial charge is 0.238 e. The fourth-order valence-electron chi connectivity index (χ4n) is 3.22. The summed E-state index contributed by atoms with van der Waals surface area (Å²) in [6.07, 6.45) is 1.82. The van der Waals surface area contributed by atoms with E-state index in [4.69, 9.17) is 5.14 Å². The number of carbonyl (C=O) groups is 1. The molecule has 0 saturated carbocycles. The lowest BCUT2D eigenvalue weighted by Gasteiger charge is -2.19. The second kappa shape index (κ2) is 8.09. The number of sulfonamides is 1. The predicted octanol–water partition coefficient (Wildman–Crippen LogP) is 4.00. The minimum atomic E-state index is -3.75. The minimum Gasteiger partial charge on any atom is -0.325 e. The molecule has 8 nitrogen and oxygen atoms in total. The average molecular weight is 464 g/mol. The molecule has 2 aromatic heterocycles. The van der Waals surface area contributed by atoms with Gasteiger partial charge >= 0.3 is 0 Å². The SMILES string of the molecule is Cc1ccc(-c2cn3nc(-c4ccc(S(N)(=O)=O)cc4)ccc3n2)cc1NC(=O)C(C)(C)C. The first kappa shape index (κ1) is 22.6. The number of rotatable bonds is 4. The Balaban J connectivity index is 1.67. The van der Waals surface area contributed by atoms with Crippen LogP contribution >= 0.6 is 0 Å². The van der Waals surface area contributed by atoms with Gasteiger partial charge in [0.05, 0.1) is 22.5 Å². The number of nitrogens with zero attached hydrogens (tertiary/aromatic N) is 3. The van der Waals surface area contributed by atoms with Crippen molar-refractivity contribution in [2.45, 2.75) is 32.6 Å². The van der Waals surface area contributed by atoms with E-state index in [1.807, 2.05) is 64.2 Å². The Labute approximate surface area is 192 Å². The van der Waals surface area contributed by atoms with Crippen molar-refractivity contribution in [3.8, 4) is 22.5 Å². The number of imidazole rings is 1. The van der Waals surface area contributed by atoms with Gasteiger partial charge in [-0.2, -0.15) is 5.10 Å². The molecule has 4 rings (SSSR count). The molecule has 0 atom stereocenters. The third kappa shape index (κ3) is 4.79. The first-order valence-electron chi connectivity index (χ1n) is 10.3. The number of anilines is 1. The maximum atomic E-state index is 12.4. The Hall–Kier alpha value is -3.56. The third-order valence-corrected chi connectivity index (χ3v) is 6.19. The molecule has 0 aliphatic carbocycles. The Bertz CT molecular complexity index is 1470. The summed E-state index contributed by atoms with van der Waals surface area (Å²) >= 11 is 0. The van der Waals surface area contributed by atoms with Gasteiger partial charge in [0.1, 0.15) is 0 Å². The molecule has 4 aromatic rings. The van der Waals surface area contributed by atoms with Crippen molar-refractivity contribution >= 4 is 27.3 Å². The first-order chi connectivity index (χ1) is 15.4. The molecule has 0 radical (unpaired) electrons. The average Bonchev–Trinajstić information content (AvgIpc) is 3.17. The Kier molecular flexibility index (Phi) is 5.55. The van der Waals surface area contributed by atoms with Gasteiger partial charge in [0, 0.05) is 22.2 Å². The maximum absolute atomic E-state index is 12.4. The second-order valence-electron chi connectivity index (χ2n) is 8.95. The van der Waals surface area contributed by atoms with E-state index < -0.39 is 15.4 Å². The highest BCUT2D eigenvalue weighted by Crippen LogP contribution is 2.27. The van der Waals surface area contributed by atoms with E-state index in [0.29, 0.717) is 11.3 Å². The summed E-state index contributed by atoms with van der Waals surface area (Å²) in [7, 11) is -3.75. The summed E-state index contributed by atoms with van der Waals surface area (Å²) in [5.41, 5.74) is 4.85. The van der Waals surface area contributed by atoms with Crippen molar-refractivity contribution in [1.29, 1.82) is 0 Å². The molecule has 3 N–H and O–H groups in total. The second-order valence-corrected chi connectivity index (χ2v) is 10.5. The molecule has 0 fully saturated rings. The van der Waals surface area contributed by atoms with Crippen LogP contribution < -0.4 is 10.5 Å². The van der Waals surface area contributed by atoms with Crippen molar-refractivity contribution < 1.29 is 13.2 Å². The van der Waals surface area contributed by atoms with Crippen LogP contribution in [0.5, 0.6) is 0 Å². The molecule has 0 unspecified atom stereocenters. The van der Waals surface area contributed by atoms with Gasteiger partial charge in [0.2, 0.25) is 15.9 Å². The summed E-state index contributed by atoms with van der Waals surface area (Å²) in [4.78, 5) is 17.1. The topological polar surface area (TPSA) is 119 Å². The number of nitrogens with one attached hydrogen (secondary N) is 1.